The van der Waals surface area contributed by atoms with Crippen LogP contribution in [0.1, 0.15) is 34.6 Å². The number of hydrogen-bond acceptors (Lipinski definition) is 6. The Morgan fingerprint density at radius 2 is 1.00 bits per heavy atom. The van der Waals surface area contributed by atoms with E-state index in [1.165, 1.54) is 0 Å². The zero-order valence-corrected chi connectivity index (χ0v) is 11.4. The first-order chi connectivity index (χ1) is 8.29. The molecule has 0 unspecified atom stereocenters. The van der Waals surface area contributed by atoms with E-state index in [4.69, 9.17) is 40.5 Å². The third kappa shape index (κ3) is 296. The molecule has 0 amide bonds. The minimum Gasteiger partial charge on any atom is -0.450 e. The summed E-state index contributed by atoms with van der Waals surface area (Å²) in [5, 5.41) is 43.4. The summed E-state index contributed by atoms with van der Waals surface area (Å²) in [6, 6.07) is 0. The molecule has 0 aromatic carbocycles. The second-order valence-corrected chi connectivity index (χ2v) is 3.92. The zero-order chi connectivity index (χ0) is 16.6. The van der Waals surface area contributed by atoms with Gasteiger partial charge in [0.05, 0.1) is 11.7 Å². The van der Waals surface area contributed by atoms with Crippen molar-refractivity contribution in [3.8, 4) is 0 Å². The van der Waals surface area contributed by atoms with Crippen LogP contribution >= 0.6 is 0 Å². The topological polar surface area (TPSA) is 174 Å². The van der Waals surface area contributed by atoms with E-state index < -0.39 is 17.9 Å². The molecular weight excluding hydrogens is 268 g/mol. The van der Waals surface area contributed by atoms with Crippen molar-refractivity contribution in [3.05, 3.63) is 0 Å². The minimum atomic E-state index is -1.83. The van der Waals surface area contributed by atoms with Crippen LogP contribution < -0.4 is 0 Å². The highest BCUT2D eigenvalue weighted by atomic mass is 17.1. The summed E-state index contributed by atoms with van der Waals surface area (Å²) in [5.41, 5.74) is -0.403. The van der Waals surface area contributed by atoms with Gasteiger partial charge in [0.15, 0.2) is 0 Å². The molecule has 0 aliphatic carbocycles. The fourth-order valence-electron chi connectivity index (χ4n) is 0. The molecule has 0 saturated carbocycles. The van der Waals surface area contributed by atoms with Crippen LogP contribution in [-0.2, 0) is 9.78 Å². The van der Waals surface area contributed by atoms with Gasteiger partial charge in [-0.15, -0.1) is 0 Å². The summed E-state index contributed by atoms with van der Waals surface area (Å²) < 4.78 is 0. The van der Waals surface area contributed by atoms with Gasteiger partial charge in [-0.05, 0) is 34.6 Å². The first-order valence-electron chi connectivity index (χ1n) is 4.76. The number of carbonyl (C=O) groups is 2. The van der Waals surface area contributed by atoms with Gasteiger partial charge >= 0.3 is 12.3 Å². The van der Waals surface area contributed by atoms with Gasteiger partial charge < -0.3 is 20.4 Å². The molecule has 0 heterocycles. The lowest BCUT2D eigenvalue weighted by molar-refractivity contribution is -0.306. The molecule has 0 aliphatic rings. The second kappa shape index (κ2) is 16.4. The molecule has 118 valence electrons. The smallest absolute Gasteiger partial charge is 0.450 e. The molecule has 10 nitrogen and oxygen atoms in total. The molecule has 6 N–H and O–H groups in total. The Kier molecular flexibility index (Phi) is 22.5. The van der Waals surface area contributed by atoms with Crippen LogP contribution in [0.2, 0.25) is 0 Å². The van der Waals surface area contributed by atoms with Crippen molar-refractivity contribution in [2.75, 3.05) is 0 Å². The van der Waals surface area contributed by atoms with E-state index in [-0.39, 0.29) is 6.10 Å². The van der Waals surface area contributed by atoms with Crippen LogP contribution in [0.3, 0.4) is 0 Å². The molecule has 0 atom stereocenters. The Labute approximate surface area is 110 Å². The van der Waals surface area contributed by atoms with Gasteiger partial charge in [0.1, 0.15) is 0 Å². The highest BCUT2D eigenvalue weighted by Crippen LogP contribution is 2.01. The van der Waals surface area contributed by atoms with Crippen LogP contribution in [0.25, 0.3) is 0 Å². The van der Waals surface area contributed by atoms with Crippen molar-refractivity contribution in [1.82, 2.24) is 0 Å². The average Bonchev–Trinajstić information content (AvgIpc) is 2.15. The summed E-state index contributed by atoms with van der Waals surface area (Å²) in [5.74, 6) is 0. The highest BCUT2D eigenvalue weighted by Gasteiger charge is 2.06. The third-order valence-electron chi connectivity index (χ3n) is 0.485. The van der Waals surface area contributed by atoms with Crippen molar-refractivity contribution < 1.29 is 50.3 Å². The fraction of sp³-hybridized carbons (Fsp3) is 0.778. The van der Waals surface area contributed by atoms with E-state index in [0.29, 0.717) is 0 Å². The monoisotopic (exact) mass is 290 g/mol. The van der Waals surface area contributed by atoms with Gasteiger partial charge in [0.25, 0.3) is 0 Å². The predicted molar refractivity (Wildman–Crippen MR) is 63.6 cm³/mol. The molecule has 0 spiro atoms. The van der Waals surface area contributed by atoms with Gasteiger partial charge in [-0.2, -0.15) is 0 Å². The van der Waals surface area contributed by atoms with Gasteiger partial charge in [-0.3, -0.25) is 10.5 Å². The van der Waals surface area contributed by atoms with E-state index in [1.807, 2.05) is 0 Å². The van der Waals surface area contributed by atoms with Crippen molar-refractivity contribution in [3.63, 3.8) is 0 Å². The lowest BCUT2D eigenvalue weighted by Crippen LogP contribution is -2.15. The van der Waals surface area contributed by atoms with E-state index >= 15 is 0 Å². The standard InChI is InChI=1S/C4H10O2.C3H8O2.2CH2O3/c1-4(2,3)6-5;1-3(2)5-4;2*2-1(3)4/h5H,1-3H3;3-4H,1-2H3;2*(H2,2,3,4). The van der Waals surface area contributed by atoms with Crippen LogP contribution in [0.4, 0.5) is 9.59 Å². The van der Waals surface area contributed by atoms with E-state index in [1.54, 1.807) is 34.6 Å². The minimum absolute atomic E-state index is 0.0602. The lowest BCUT2D eigenvalue weighted by atomic mass is 10.2. The molecule has 0 aromatic heterocycles. The Balaban J connectivity index is -0.0000000803. The SMILES string of the molecule is CC(C)(C)OO.CC(C)OO.O=C(O)O.O=C(O)O. The van der Waals surface area contributed by atoms with Crippen molar-refractivity contribution >= 4 is 12.3 Å². The maximum Gasteiger partial charge on any atom is 0.503 e. The summed E-state index contributed by atoms with van der Waals surface area (Å²) in [4.78, 5) is 24.8. The van der Waals surface area contributed by atoms with Crippen molar-refractivity contribution in [2.45, 2.75) is 46.3 Å². The van der Waals surface area contributed by atoms with Gasteiger partial charge in [0.2, 0.25) is 0 Å². The molecule has 10 heteroatoms. The Hall–Kier alpha value is -1.62. The molecule has 0 saturated heterocycles. The normalized spacial score (nSPS) is 8.84. The van der Waals surface area contributed by atoms with E-state index in [0.717, 1.165) is 0 Å². The number of carboxylic acid groups (broad SMARTS) is 4. The molecule has 19 heavy (non-hydrogen) atoms. The van der Waals surface area contributed by atoms with Gasteiger partial charge in [-0.25, -0.2) is 19.4 Å². The largest absolute Gasteiger partial charge is 0.503 e. The molecule has 0 bridgehead atoms. The van der Waals surface area contributed by atoms with Gasteiger partial charge in [0, 0.05) is 0 Å². The third-order valence-corrected chi connectivity index (χ3v) is 0.485. The van der Waals surface area contributed by atoms with Crippen molar-refractivity contribution in [2.24, 2.45) is 0 Å². The maximum atomic E-state index is 8.56. The fourth-order valence-corrected chi connectivity index (χ4v) is 0. The lowest BCUT2D eigenvalue weighted by Gasteiger charge is -2.10. The average molecular weight is 290 g/mol. The summed E-state index contributed by atoms with van der Waals surface area (Å²) >= 11 is 0. The Morgan fingerprint density at radius 3 is 1.00 bits per heavy atom. The molecule has 0 rings (SSSR count). The molecule has 0 fully saturated rings. The van der Waals surface area contributed by atoms with Gasteiger partial charge in [-0.1, -0.05) is 0 Å². The quantitative estimate of drug-likeness (QED) is 0.311. The highest BCUT2D eigenvalue weighted by molar-refractivity contribution is 5.53. The molecule has 0 aliphatic heterocycles. The first-order valence-corrected chi connectivity index (χ1v) is 4.76. The van der Waals surface area contributed by atoms with E-state index in [9.17, 15) is 0 Å². The molecular formula is C9H22O10. The number of hydrogen-bond donors (Lipinski definition) is 6. The van der Waals surface area contributed by atoms with Crippen LogP contribution in [-0.4, -0.2) is 55.0 Å². The first kappa shape index (κ1) is 26.0. The van der Waals surface area contributed by atoms with Crippen LogP contribution in [0.5, 0.6) is 0 Å². The molecule has 0 radical (unpaired) electrons. The Morgan fingerprint density at radius 1 is 0.895 bits per heavy atom. The van der Waals surface area contributed by atoms with Crippen molar-refractivity contribution in [1.29, 1.82) is 0 Å². The van der Waals surface area contributed by atoms with Crippen LogP contribution in [0.15, 0.2) is 0 Å². The maximum absolute atomic E-state index is 8.56. The summed E-state index contributed by atoms with van der Waals surface area (Å²) in [7, 11) is 0. The summed E-state index contributed by atoms with van der Waals surface area (Å²) in [6.07, 6.45) is -3.73. The molecule has 0 aromatic rings. The number of rotatable bonds is 1. The summed E-state index contributed by atoms with van der Waals surface area (Å²) in [6.45, 7) is 8.81. The zero-order valence-electron chi connectivity index (χ0n) is 11.4. The van der Waals surface area contributed by atoms with Crippen LogP contribution in [0, 0.1) is 0 Å². The Bertz CT molecular complexity index is 188. The second-order valence-electron chi connectivity index (χ2n) is 3.92. The van der Waals surface area contributed by atoms with E-state index in [2.05, 4.69) is 9.78 Å². The predicted octanol–water partition coefficient (Wildman–Crippen LogP) is 2.60.